The zero-order valence-corrected chi connectivity index (χ0v) is 21.0. The molecule has 0 radical (unpaired) electrons. The highest BCUT2D eigenvalue weighted by molar-refractivity contribution is 6.08. The highest BCUT2D eigenvalue weighted by atomic mass is 16.5. The summed E-state index contributed by atoms with van der Waals surface area (Å²) in [6.07, 6.45) is 3.10. The molecule has 0 aliphatic carbocycles. The number of benzene rings is 1. The van der Waals surface area contributed by atoms with Crippen LogP contribution >= 0.6 is 0 Å². The quantitative estimate of drug-likeness (QED) is 0.390. The van der Waals surface area contributed by atoms with Gasteiger partial charge in [-0.15, -0.1) is 0 Å². The second-order valence-electron chi connectivity index (χ2n) is 9.76. The van der Waals surface area contributed by atoms with Crippen molar-refractivity contribution in [2.45, 2.75) is 19.4 Å². The van der Waals surface area contributed by atoms with Crippen LogP contribution in [0.3, 0.4) is 0 Å². The van der Waals surface area contributed by atoms with E-state index in [0.29, 0.717) is 42.1 Å². The smallest absolute Gasteiger partial charge is 0.408 e. The summed E-state index contributed by atoms with van der Waals surface area (Å²) in [6, 6.07) is 8.83. The van der Waals surface area contributed by atoms with Crippen molar-refractivity contribution in [1.82, 2.24) is 15.3 Å². The van der Waals surface area contributed by atoms with Gasteiger partial charge in [0.15, 0.2) is 11.4 Å². The second-order valence-corrected chi connectivity index (χ2v) is 9.76. The number of nitrogens with one attached hydrogen (secondary N) is 2. The van der Waals surface area contributed by atoms with Gasteiger partial charge in [-0.05, 0) is 36.6 Å². The maximum absolute atomic E-state index is 13.5. The van der Waals surface area contributed by atoms with Crippen molar-refractivity contribution >= 4 is 45.9 Å². The predicted octanol–water partition coefficient (Wildman–Crippen LogP) is 1.45. The number of nitrogens with zero attached hydrogens (tertiary/aromatic N) is 4. The van der Waals surface area contributed by atoms with Gasteiger partial charge in [-0.1, -0.05) is 13.0 Å². The van der Waals surface area contributed by atoms with E-state index in [1.54, 1.807) is 30.6 Å². The summed E-state index contributed by atoms with van der Waals surface area (Å²) >= 11 is 0. The fraction of sp³-hybridized carbons (Fsp3) is 0.346. The summed E-state index contributed by atoms with van der Waals surface area (Å²) in [7, 11) is 0. The summed E-state index contributed by atoms with van der Waals surface area (Å²) in [4.78, 5) is 49.8. The van der Waals surface area contributed by atoms with Crippen LogP contribution in [-0.2, 0) is 4.79 Å². The molecule has 3 aromatic rings. The van der Waals surface area contributed by atoms with E-state index in [1.165, 1.54) is 0 Å². The molecule has 198 valence electrons. The molecule has 2 aliphatic rings. The number of rotatable bonds is 5. The first-order valence-electron chi connectivity index (χ1n) is 12.5. The van der Waals surface area contributed by atoms with Crippen LogP contribution in [0.2, 0.25) is 0 Å². The number of amides is 3. The number of pyridine rings is 2. The van der Waals surface area contributed by atoms with E-state index < -0.39 is 12.0 Å². The highest BCUT2D eigenvalue weighted by Gasteiger charge is 2.26. The fourth-order valence-corrected chi connectivity index (χ4v) is 5.08. The van der Waals surface area contributed by atoms with Crippen molar-refractivity contribution < 1.29 is 19.1 Å². The molecule has 2 atom stereocenters. The van der Waals surface area contributed by atoms with Crippen LogP contribution in [0.4, 0.5) is 21.9 Å². The third-order valence-corrected chi connectivity index (χ3v) is 6.67. The van der Waals surface area contributed by atoms with E-state index in [0.717, 1.165) is 24.3 Å². The van der Waals surface area contributed by atoms with Gasteiger partial charge in [0.05, 0.1) is 29.6 Å². The number of anilines is 3. The normalized spacial score (nSPS) is 19.7. The fourth-order valence-electron chi connectivity index (χ4n) is 5.08. The molecular weight excluding hydrogens is 488 g/mol. The Kier molecular flexibility index (Phi) is 6.97. The van der Waals surface area contributed by atoms with Crippen LogP contribution < -0.4 is 36.6 Å². The van der Waals surface area contributed by atoms with E-state index in [-0.39, 0.29) is 29.9 Å². The Labute approximate surface area is 219 Å². The number of piperidine rings is 1. The Balaban J connectivity index is 1.48. The first-order valence-corrected chi connectivity index (χ1v) is 12.5. The molecule has 12 nitrogen and oxygen atoms in total. The number of hydrogen-bond donors (Lipinski definition) is 4. The lowest BCUT2D eigenvalue weighted by Crippen LogP contribution is -2.47. The predicted molar refractivity (Wildman–Crippen MR) is 143 cm³/mol. The number of carbonyl (C=O) groups is 3. The van der Waals surface area contributed by atoms with E-state index in [9.17, 15) is 14.4 Å². The minimum atomic E-state index is -1.06. The summed E-state index contributed by atoms with van der Waals surface area (Å²) in [5.74, 6) is -0.319. The summed E-state index contributed by atoms with van der Waals surface area (Å²) in [5.41, 5.74) is 14.0. The minimum absolute atomic E-state index is 0.0216. The number of piperazine rings is 1. The first kappa shape index (κ1) is 25.2. The Morgan fingerprint density at radius 2 is 2.03 bits per heavy atom. The average molecular weight is 519 g/mol. The lowest BCUT2D eigenvalue weighted by atomic mass is 9.96. The van der Waals surface area contributed by atoms with Gasteiger partial charge >= 0.3 is 6.09 Å². The molecule has 0 spiro atoms. The summed E-state index contributed by atoms with van der Waals surface area (Å²) in [6.45, 7) is 5.00. The molecule has 6 N–H and O–H groups in total. The SMILES string of the molecule is C[C@@H]1C[C@H](N)CN(c2ccncc2NC(=O)c2nc3cc(N4CCNC(=O)C4)ccc3cc2OC(N)=O)C1. The first-order chi connectivity index (χ1) is 18.3. The van der Waals surface area contributed by atoms with E-state index in [4.69, 9.17) is 16.2 Å². The monoisotopic (exact) mass is 518 g/mol. The number of nitrogens with two attached hydrogens (primary N) is 2. The summed E-state index contributed by atoms with van der Waals surface area (Å²) < 4.78 is 5.16. The number of ether oxygens (including phenoxy) is 1. The molecule has 0 saturated carbocycles. The summed E-state index contributed by atoms with van der Waals surface area (Å²) in [5, 5.41) is 6.31. The molecule has 1 aromatic carbocycles. The third kappa shape index (κ3) is 5.44. The molecule has 4 heterocycles. The lowest BCUT2D eigenvalue weighted by molar-refractivity contribution is -0.120. The van der Waals surface area contributed by atoms with Gasteiger partial charge in [0.25, 0.3) is 5.91 Å². The molecule has 2 aliphatic heterocycles. The zero-order valence-electron chi connectivity index (χ0n) is 21.0. The van der Waals surface area contributed by atoms with Crippen LogP contribution in [-0.4, -0.2) is 66.6 Å². The van der Waals surface area contributed by atoms with Gasteiger partial charge < -0.3 is 36.6 Å². The topological polar surface area (TPSA) is 169 Å². The van der Waals surface area contributed by atoms with E-state index in [1.807, 2.05) is 17.0 Å². The van der Waals surface area contributed by atoms with Crippen LogP contribution in [0.25, 0.3) is 10.9 Å². The van der Waals surface area contributed by atoms with Gasteiger partial charge in [-0.2, -0.15) is 0 Å². The Morgan fingerprint density at radius 3 is 2.79 bits per heavy atom. The number of aromatic nitrogens is 2. The lowest BCUT2D eigenvalue weighted by Gasteiger charge is -2.37. The number of primary amides is 1. The number of fused-ring (bicyclic) bond motifs is 1. The maximum atomic E-state index is 13.5. The molecule has 0 unspecified atom stereocenters. The van der Waals surface area contributed by atoms with Gasteiger partial charge in [-0.25, -0.2) is 9.78 Å². The van der Waals surface area contributed by atoms with Crippen LogP contribution in [0.1, 0.15) is 23.8 Å². The highest BCUT2D eigenvalue weighted by Crippen LogP contribution is 2.31. The standard InChI is InChI=1S/C26H30N8O4/c1-15-8-17(27)13-34(12-15)21-4-5-29-11-20(21)32-25(36)24-22(38-26(28)37)9-16-2-3-18(10-19(16)31-24)33-7-6-30-23(35)14-33/h2-5,9-11,15,17H,6-8,12-14,27H2,1H3,(H2,28,37)(H,30,35)(H,32,36)/t15-,17+/m1/s1. The largest absolute Gasteiger partial charge is 0.410 e. The Bertz CT molecular complexity index is 1390. The Morgan fingerprint density at radius 1 is 1.18 bits per heavy atom. The average Bonchev–Trinajstić information content (AvgIpc) is 2.87. The Hall–Kier alpha value is -4.45. The minimum Gasteiger partial charge on any atom is -0.408 e. The zero-order chi connectivity index (χ0) is 26.8. The molecule has 0 bridgehead atoms. The third-order valence-electron chi connectivity index (χ3n) is 6.67. The molecule has 2 fully saturated rings. The van der Waals surface area contributed by atoms with E-state index in [2.05, 4.69) is 32.4 Å². The molecule has 5 rings (SSSR count). The molecule has 12 heteroatoms. The molecule has 3 amide bonds. The van der Waals surface area contributed by atoms with Crippen molar-refractivity contribution in [3.05, 3.63) is 48.4 Å². The van der Waals surface area contributed by atoms with Gasteiger partial charge in [0.1, 0.15) is 0 Å². The van der Waals surface area contributed by atoms with Gasteiger partial charge in [-0.3, -0.25) is 14.6 Å². The number of carbonyl (C=O) groups excluding carboxylic acids is 3. The van der Waals surface area contributed by atoms with E-state index >= 15 is 0 Å². The van der Waals surface area contributed by atoms with Crippen molar-refractivity contribution in [1.29, 1.82) is 0 Å². The van der Waals surface area contributed by atoms with Gasteiger partial charge in [0, 0.05) is 49.5 Å². The molecule has 2 aromatic heterocycles. The molecule has 38 heavy (non-hydrogen) atoms. The van der Waals surface area contributed by atoms with Crippen LogP contribution in [0, 0.1) is 5.92 Å². The van der Waals surface area contributed by atoms with Crippen molar-refractivity contribution in [3.63, 3.8) is 0 Å². The van der Waals surface area contributed by atoms with Crippen molar-refractivity contribution in [2.75, 3.05) is 47.8 Å². The van der Waals surface area contributed by atoms with Crippen molar-refractivity contribution in [2.24, 2.45) is 17.4 Å². The molecular formula is C26H30N8O4. The molecule has 2 saturated heterocycles. The van der Waals surface area contributed by atoms with Crippen LogP contribution in [0.5, 0.6) is 5.75 Å². The van der Waals surface area contributed by atoms with Crippen molar-refractivity contribution in [3.8, 4) is 5.75 Å². The number of hydrogen-bond acceptors (Lipinski definition) is 9. The van der Waals surface area contributed by atoms with Crippen LogP contribution in [0.15, 0.2) is 42.7 Å². The maximum Gasteiger partial charge on any atom is 0.410 e. The second kappa shape index (κ2) is 10.5. The van der Waals surface area contributed by atoms with Gasteiger partial charge in [0.2, 0.25) is 5.91 Å².